The molecule has 1 unspecified atom stereocenters. The van der Waals surface area contributed by atoms with Crippen LogP contribution in [0.25, 0.3) is 0 Å². The van der Waals surface area contributed by atoms with Crippen molar-refractivity contribution < 1.29 is 4.79 Å². The summed E-state index contributed by atoms with van der Waals surface area (Å²) >= 11 is 5.81. The highest BCUT2D eigenvalue weighted by molar-refractivity contribution is 6.17. The van der Waals surface area contributed by atoms with E-state index in [1.165, 1.54) is 32.1 Å². The average molecular weight is 274 g/mol. The van der Waals surface area contributed by atoms with Gasteiger partial charge in [0.1, 0.15) is 0 Å². The van der Waals surface area contributed by atoms with E-state index >= 15 is 0 Å². The van der Waals surface area contributed by atoms with E-state index in [2.05, 4.69) is 19.2 Å². The summed E-state index contributed by atoms with van der Waals surface area (Å²) in [5.74, 6) is 1.58. The zero-order chi connectivity index (χ0) is 13.4. The first-order chi connectivity index (χ1) is 8.65. The summed E-state index contributed by atoms with van der Waals surface area (Å²) in [6, 6.07) is 0.237. The fourth-order valence-electron chi connectivity index (χ4n) is 2.71. The van der Waals surface area contributed by atoms with Crippen molar-refractivity contribution in [2.24, 2.45) is 11.8 Å². The van der Waals surface area contributed by atoms with Crippen molar-refractivity contribution >= 4 is 17.5 Å². The van der Waals surface area contributed by atoms with Crippen molar-refractivity contribution in [2.75, 3.05) is 5.88 Å². The van der Waals surface area contributed by atoms with Gasteiger partial charge in [0.2, 0.25) is 5.91 Å². The third-order valence-electron chi connectivity index (χ3n) is 4.03. The Morgan fingerprint density at radius 2 is 1.72 bits per heavy atom. The lowest BCUT2D eigenvalue weighted by Crippen LogP contribution is -2.42. The Balaban J connectivity index is 2.45. The Morgan fingerprint density at radius 1 is 1.17 bits per heavy atom. The lowest BCUT2D eigenvalue weighted by Gasteiger charge is -2.25. The summed E-state index contributed by atoms with van der Waals surface area (Å²) in [7, 11) is 0. The van der Waals surface area contributed by atoms with Gasteiger partial charge in [0, 0.05) is 17.8 Å². The number of hydrogen-bond donors (Lipinski definition) is 1. The van der Waals surface area contributed by atoms with Crippen molar-refractivity contribution in [1.29, 1.82) is 0 Å². The molecule has 0 aromatic rings. The minimum atomic E-state index is 0.237. The SMILES string of the molecule is CC(C)C(CCCl)NC(=O)C1CCCCCCC1. The molecule has 1 amide bonds. The Hall–Kier alpha value is -0.240. The molecule has 2 nitrogen and oxygen atoms in total. The van der Waals surface area contributed by atoms with Crippen molar-refractivity contribution in [3.05, 3.63) is 0 Å². The van der Waals surface area contributed by atoms with Crippen LogP contribution in [0.2, 0.25) is 0 Å². The second-order valence-electron chi connectivity index (χ2n) is 5.88. The van der Waals surface area contributed by atoms with Crippen molar-refractivity contribution in [3.8, 4) is 0 Å². The zero-order valence-corrected chi connectivity index (χ0v) is 12.6. The Kier molecular flexibility index (Phi) is 7.73. The van der Waals surface area contributed by atoms with Crippen LogP contribution < -0.4 is 5.32 Å². The van der Waals surface area contributed by atoms with Gasteiger partial charge in [0.05, 0.1) is 0 Å². The molecule has 0 bridgehead atoms. The van der Waals surface area contributed by atoms with E-state index in [4.69, 9.17) is 11.6 Å². The Labute approximate surface area is 117 Å². The lowest BCUT2D eigenvalue weighted by molar-refractivity contribution is -0.126. The van der Waals surface area contributed by atoms with Crippen LogP contribution in [0.3, 0.4) is 0 Å². The van der Waals surface area contributed by atoms with Gasteiger partial charge in [0.15, 0.2) is 0 Å². The third-order valence-corrected chi connectivity index (χ3v) is 4.25. The molecular formula is C15H28ClNO. The van der Waals surface area contributed by atoms with Gasteiger partial charge < -0.3 is 5.32 Å². The molecule has 1 atom stereocenters. The first kappa shape index (κ1) is 15.8. The highest BCUT2D eigenvalue weighted by Crippen LogP contribution is 2.23. The van der Waals surface area contributed by atoms with Crippen LogP contribution in [0.1, 0.15) is 65.2 Å². The molecule has 106 valence electrons. The number of carbonyl (C=O) groups excluding carboxylic acids is 1. The van der Waals surface area contributed by atoms with Gasteiger partial charge in [-0.05, 0) is 25.2 Å². The summed E-state index contributed by atoms with van der Waals surface area (Å²) in [6.07, 6.45) is 9.35. The van der Waals surface area contributed by atoms with Crippen LogP contribution in [0.4, 0.5) is 0 Å². The molecule has 1 rings (SSSR count). The maximum atomic E-state index is 12.3. The van der Waals surface area contributed by atoms with Crippen LogP contribution in [0.5, 0.6) is 0 Å². The van der Waals surface area contributed by atoms with Gasteiger partial charge in [0.25, 0.3) is 0 Å². The molecule has 0 heterocycles. The first-order valence-electron chi connectivity index (χ1n) is 7.51. The summed E-state index contributed by atoms with van der Waals surface area (Å²) in [4.78, 5) is 12.3. The standard InChI is InChI=1S/C15H28ClNO/c1-12(2)14(10-11-16)17-15(18)13-8-6-4-3-5-7-9-13/h12-14H,3-11H2,1-2H3,(H,17,18). The largest absolute Gasteiger partial charge is 0.353 e. The number of amides is 1. The number of nitrogens with one attached hydrogen (secondary N) is 1. The molecule has 1 aliphatic carbocycles. The fourth-order valence-corrected chi connectivity index (χ4v) is 2.94. The number of hydrogen-bond acceptors (Lipinski definition) is 1. The summed E-state index contributed by atoms with van der Waals surface area (Å²) in [6.45, 7) is 4.30. The molecule has 1 saturated carbocycles. The van der Waals surface area contributed by atoms with Crippen molar-refractivity contribution in [3.63, 3.8) is 0 Å². The number of rotatable bonds is 5. The highest BCUT2D eigenvalue weighted by Gasteiger charge is 2.23. The first-order valence-corrected chi connectivity index (χ1v) is 8.05. The monoisotopic (exact) mass is 273 g/mol. The number of alkyl halides is 1. The Bertz CT molecular complexity index is 235. The smallest absolute Gasteiger partial charge is 0.223 e. The molecule has 3 heteroatoms. The fraction of sp³-hybridized carbons (Fsp3) is 0.933. The molecule has 0 radical (unpaired) electrons. The molecule has 0 aromatic heterocycles. The molecule has 1 aliphatic rings. The van der Waals surface area contributed by atoms with Gasteiger partial charge >= 0.3 is 0 Å². The predicted molar refractivity (Wildman–Crippen MR) is 77.9 cm³/mol. The summed E-state index contributed by atoms with van der Waals surface area (Å²) < 4.78 is 0. The highest BCUT2D eigenvalue weighted by atomic mass is 35.5. The molecule has 1 N–H and O–H groups in total. The van der Waals surface area contributed by atoms with E-state index in [1.54, 1.807) is 0 Å². The van der Waals surface area contributed by atoms with E-state index in [0.29, 0.717) is 11.8 Å². The second kappa shape index (κ2) is 8.79. The summed E-state index contributed by atoms with van der Waals surface area (Å²) in [5.41, 5.74) is 0. The van der Waals surface area contributed by atoms with E-state index in [0.717, 1.165) is 19.3 Å². The summed E-state index contributed by atoms with van der Waals surface area (Å²) in [5, 5.41) is 3.21. The normalized spacial score (nSPS) is 20.2. The molecule has 0 spiro atoms. The van der Waals surface area contributed by atoms with Gasteiger partial charge in [-0.1, -0.05) is 46.0 Å². The predicted octanol–water partition coefficient (Wildman–Crippen LogP) is 4.12. The van der Waals surface area contributed by atoms with Gasteiger partial charge in [-0.25, -0.2) is 0 Å². The van der Waals surface area contributed by atoms with Gasteiger partial charge in [-0.2, -0.15) is 0 Å². The molecule has 0 aromatic carbocycles. The van der Waals surface area contributed by atoms with Gasteiger partial charge in [-0.15, -0.1) is 11.6 Å². The topological polar surface area (TPSA) is 29.1 Å². The minimum absolute atomic E-state index is 0.237. The van der Waals surface area contributed by atoms with E-state index in [1.807, 2.05) is 0 Å². The van der Waals surface area contributed by atoms with Crippen LogP contribution in [-0.4, -0.2) is 17.8 Å². The van der Waals surface area contributed by atoms with E-state index in [9.17, 15) is 4.79 Å². The van der Waals surface area contributed by atoms with Crippen molar-refractivity contribution in [1.82, 2.24) is 5.32 Å². The maximum absolute atomic E-state index is 12.3. The van der Waals surface area contributed by atoms with E-state index < -0.39 is 0 Å². The second-order valence-corrected chi connectivity index (χ2v) is 6.26. The van der Waals surface area contributed by atoms with E-state index in [-0.39, 0.29) is 17.9 Å². The maximum Gasteiger partial charge on any atom is 0.223 e. The zero-order valence-electron chi connectivity index (χ0n) is 11.9. The van der Waals surface area contributed by atoms with Crippen LogP contribution in [0.15, 0.2) is 0 Å². The molecule has 1 fully saturated rings. The van der Waals surface area contributed by atoms with Gasteiger partial charge in [-0.3, -0.25) is 4.79 Å². The third kappa shape index (κ3) is 5.60. The average Bonchev–Trinajstić information content (AvgIpc) is 2.27. The number of halogens is 1. The Morgan fingerprint density at radius 3 is 2.22 bits per heavy atom. The van der Waals surface area contributed by atoms with Crippen LogP contribution in [0, 0.1) is 11.8 Å². The lowest BCUT2D eigenvalue weighted by atomic mass is 9.90. The molecule has 0 aliphatic heterocycles. The quantitative estimate of drug-likeness (QED) is 0.750. The molecular weight excluding hydrogens is 246 g/mol. The minimum Gasteiger partial charge on any atom is -0.353 e. The van der Waals surface area contributed by atoms with Crippen LogP contribution in [-0.2, 0) is 4.79 Å². The molecule has 0 saturated heterocycles. The molecule has 18 heavy (non-hydrogen) atoms. The number of carbonyl (C=O) groups is 1. The van der Waals surface area contributed by atoms with Crippen molar-refractivity contribution in [2.45, 2.75) is 71.3 Å². The van der Waals surface area contributed by atoms with Crippen LogP contribution >= 0.6 is 11.6 Å².